The second-order valence-corrected chi connectivity index (χ2v) is 7.21. The van der Waals surface area contributed by atoms with E-state index in [0.717, 1.165) is 14.9 Å². The van der Waals surface area contributed by atoms with E-state index in [-0.39, 0.29) is 5.91 Å². The first kappa shape index (κ1) is 15.2. The first-order valence-corrected chi connectivity index (χ1v) is 7.90. The highest BCUT2D eigenvalue weighted by atomic mass is 79.9. The number of carbonyl (C=O) groups excluding carboxylic acids is 1. The lowest BCUT2D eigenvalue weighted by molar-refractivity contribution is 0.0920. The fourth-order valence-electron chi connectivity index (χ4n) is 1.65. The molecule has 0 spiro atoms. The lowest BCUT2D eigenvalue weighted by atomic mass is 10.1. The minimum atomic E-state index is -0.390. The molecule has 2 rings (SSSR count). The van der Waals surface area contributed by atoms with Gasteiger partial charge >= 0.3 is 0 Å². The predicted octanol–water partition coefficient (Wildman–Crippen LogP) is 3.64. The predicted molar refractivity (Wildman–Crippen MR) is 88.1 cm³/mol. The van der Waals surface area contributed by atoms with Gasteiger partial charge in [0, 0.05) is 21.4 Å². The molecule has 3 N–H and O–H groups in total. The number of hydrogen-bond donors (Lipinski definition) is 2. The van der Waals surface area contributed by atoms with Gasteiger partial charge in [0.2, 0.25) is 0 Å². The summed E-state index contributed by atoms with van der Waals surface area (Å²) in [6.07, 6.45) is 0. The maximum absolute atomic E-state index is 12.2. The fourth-order valence-corrected chi connectivity index (χ4v) is 2.82. The summed E-state index contributed by atoms with van der Waals surface area (Å²) in [6, 6.07) is 11.9. The smallest absolute Gasteiger partial charge is 0.261 e. The fraction of sp³-hybridized carbons (Fsp3) is 0.267. The van der Waals surface area contributed by atoms with E-state index in [4.69, 9.17) is 5.73 Å². The number of nitrogens with one attached hydrogen (secondary N) is 1. The van der Waals surface area contributed by atoms with Gasteiger partial charge in [-0.05, 0) is 43.7 Å². The van der Waals surface area contributed by atoms with E-state index in [1.807, 2.05) is 50.2 Å². The third-order valence-electron chi connectivity index (χ3n) is 2.92. The number of amides is 1. The van der Waals surface area contributed by atoms with Gasteiger partial charge in [-0.3, -0.25) is 4.79 Å². The average molecular weight is 353 g/mol. The molecular formula is C15H17BrN2OS. The minimum Gasteiger partial charge on any atom is -0.345 e. The monoisotopic (exact) mass is 352 g/mol. The van der Waals surface area contributed by atoms with E-state index < -0.39 is 5.54 Å². The van der Waals surface area contributed by atoms with Crippen LogP contribution >= 0.6 is 27.3 Å². The zero-order valence-corrected chi connectivity index (χ0v) is 13.8. The molecular weight excluding hydrogens is 336 g/mol. The van der Waals surface area contributed by atoms with Crippen molar-refractivity contribution in [3.05, 3.63) is 45.7 Å². The van der Waals surface area contributed by atoms with Gasteiger partial charge in [-0.1, -0.05) is 28.1 Å². The average Bonchev–Trinajstić information content (AvgIpc) is 2.89. The van der Waals surface area contributed by atoms with Gasteiger partial charge in [0.15, 0.2) is 0 Å². The molecule has 0 aliphatic heterocycles. The highest BCUT2D eigenvalue weighted by Gasteiger charge is 2.20. The third-order valence-corrected chi connectivity index (χ3v) is 4.58. The summed E-state index contributed by atoms with van der Waals surface area (Å²) < 4.78 is 1.04. The zero-order valence-electron chi connectivity index (χ0n) is 11.4. The second kappa shape index (κ2) is 6.08. The number of nitrogens with two attached hydrogens (primary N) is 1. The van der Waals surface area contributed by atoms with Crippen molar-refractivity contribution in [1.29, 1.82) is 0 Å². The van der Waals surface area contributed by atoms with Crippen molar-refractivity contribution in [3.8, 4) is 10.4 Å². The number of thiophene rings is 1. The van der Waals surface area contributed by atoms with Crippen LogP contribution in [0.1, 0.15) is 23.5 Å². The van der Waals surface area contributed by atoms with E-state index in [1.54, 1.807) is 0 Å². The summed E-state index contributed by atoms with van der Waals surface area (Å²) in [5.41, 5.74) is 6.34. The van der Waals surface area contributed by atoms with Gasteiger partial charge in [0.1, 0.15) is 0 Å². The normalized spacial score (nSPS) is 11.4. The van der Waals surface area contributed by atoms with Gasteiger partial charge in [-0.25, -0.2) is 0 Å². The molecule has 1 aromatic heterocycles. The van der Waals surface area contributed by atoms with Crippen molar-refractivity contribution < 1.29 is 4.79 Å². The largest absolute Gasteiger partial charge is 0.345 e. The molecule has 0 bridgehead atoms. The van der Waals surface area contributed by atoms with Gasteiger partial charge in [-0.15, -0.1) is 11.3 Å². The SMILES string of the molecule is CC(C)(CN)NC(=O)c1ccc(-c2ccc(Br)cc2)s1. The van der Waals surface area contributed by atoms with Crippen LogP contribution in [0.2, 0.25) is 0 Å². The molecule has 3 nitrogen and oxygen atoms in total. The van der Waals surface area contributed by atoms with Crippen molar-refractivity contribution in [2.75, 3.05) is 6.54 Å². The number of benzene rings is 1. The molecule has 1 heterocycles. The highest BCUT2D eigenvalue weighted by molar-refractivity contribution is 9.10. The number of rotatable bonds is 4. The van der Waals surface area contributed by atoms with Crippen molar-refractivity contribution >= 4 is 33.2 Å². The van der Waals surface area contributed by atoms with Crippen LogP contribution in [0, 0.1) is 0 Å². The Kier molecular flexibility index (Phi) is 4.62. The zero-order chi connectivity index (χ0) is 14.8. The van der Waals surface area contributed by atoms with Crippen LogP contribution in [0.15, 0.2) is 40.9 Å². The van der Waals surface area contributed by atoms with Crippen LogP contribution in [-0.4, -0.2) is 18.0 Å². The van der Waals surface area contributed by atoms with E-state index in [0.29, 0.717) is 11.4 Å². The van der Waals surface area contributed by atoms with Crippen LogP contribution in [0.4, 0.5) is 0 Å². The van der Waals surface area contributed by atoms with E-state index >= 15 is 0 Å². The first-order valence-electron chi connectivity index (χ1n) is 6.30. The molecule has 0 radical (unpaired) electrons. The Labute approximate surface area is 131 Å². The van der Waals surface area contributed by atoms with E-state index in [2.05, 4.69) is 21.2 Å². The van der Waals surface area contributed by atoms with Gasteiger partial charge < -0.3 is 11.1 Å². The Hall–Kier alpha value is -1.17. The van der Waals surface area contributed by atoms with E-state index in [1.165, 1.54) is 11.3 Å². The van der Waals surface area contributed by atoms with Crippen LogP contribution in [0.25, 0.3) is 10.4 Å². The van der Waals surface area contributed by atoms with Crippen molar-refractivity contribution in [1.82, 2.24) is 5.32 Å². The standard InChI is InChI=1S/C15H17BrN2OS/c1-15(2,9-17)18-14(19)13-8-7-12(20-13)10-3-5-11(16)6-4-10/h3-8H,9,17H2,1-2H3,(H,18,19). The maximum Gasteiger partial charge on any atom is 0.261 e. The van der Waals surface area contributed by atoms with Crippen LogP contribution in [0.5, 0.6) is 0 Å². The Morgan fingerprint density at radius 2 is 1.90 bits per heavy atom. The topological polar surface area (TPSA) is 55.1 Å². The molecule has 1 amide bonds. The van der Waals surface area contributed by atoms with E-state index in [9.17, 15) is 4.79 Å². The number of halogens is 1. The van der Waals surface area contributed by atoms with Crippen LogP contribution in [0.3, 0.4) is 0 Å². The molecule has 0 aliphatic rings. The summed E-state index contributed by atoms with van der Waals surface area (Å²) in [5.74, 6) is -0.0752. The molecule has 0 unspecified atom stereocenters. The molecule has 20 heavy (non-hydrogen) atoms. The van der Waals surface area contributed by atoms with Crippen LogP contribution < -0.4 is 11.1 Å². The summed E-state index contributed by atoms with van der Waals surface area (Å²) >= 11 is 4.90. The van der Waals surface area contributed by atoms with Crippen LogP contribution in [-0.2, 0) is 0 Å². The third kappa shape index (κ3) is 3.69. The summed E-state index contributed by atoms with van der Waals surface area (Å²) in [6.45, 7) is 4.23. The second-order valence-electron chi connectivity index (χ2n) is 5.21. The molecule has 106 valence electrons. The van der Waals surface area contributed by atoms with Crippen molar-refractivity contribution in [3.63, 3.8) is 0 Å². The van der Waals surface area contributed by atoms with Crippen molar-refractivity contribution in [2.24, 2.45) is 5.73 Å². The lowest BCUT2D eigenvalue weighted by Crippen LogP contribution is -2.48. The molecule has 0 aliphatic carbocycles. The Morgan fingerprint density at radius 3 is 2.50 bits per heavy atom. The molecule has 0 saturated carbocycles. The molecule has 0 fully saturated rings. The lowest BCUT2D eigenvalue weighted by Gasteiger charge is -2.23. The maximum atomic E-state index is 12.2. The van der Waals surface area contributed by atoms with Gasteiger partial charge in [-0.2, -0.15) is 0 Å². The number of carbonyl (C=O) groups is 1. The summed E-state index contributed by atoms with van der Waals surface area (Å²) in [4.78, 5) is 13.9. The molecule has 0 atom stereocenters. The Balaban J connectivity index is 2.17. The Morgan fingerprint density at radius 1 is 1.25 bits per heavy atom. The quantitative estimate of drug-likeness (QED) is 0.882. The molecule has 5 heteroatoms. The van der Waals surface area contributed by atoms with Gasteiger partial charge in [0.05, 0.1) is 4.88 Å². The summed E-state index contributed by atoms with van der Waals surface area (Å²) in [5, 5.41) is 2.94. The molecule has 1 aromatic carbocycles. The molecule has 0 saturated heterocycles. The minimum absolute atomic E-state index is 0.0752. The molecule has 2 aromatic rings. The van der Waals surface area contributed by atoms with Gasteiger partial charge in [0.25, 0.3) is 5.91 Å². The van der Waals surface area contributed by atoms with Crippen molar-refractivity contribution in [2.45, 2.75) is 19.4 Å². The summed E-state index contributed by atoms with van der Waals surface area (Å²) in [7, 11) is 0. The number of hydrogen-bond acceptors (Lipinski definition) is 3. The first-order chi connectivity index (χ1) is 9.41. The highest BCUT2D eigenvalue weighted by Crippen LogP contribution is 2.29. The Bertz CT molecular complexity index is 605.